The molecule has 1 aliphatic carbocycles. The van der Waals surface area contributed by atoms with Gasteiger partial charge in [-0.15, -0.1) is 0 Å². The van der Waals surface area contributed by atoms with E-state index in [0.29, 0.717) is 17.0 Å². The molecule has 1 heterocycles. The van der Waals surface area contributed by atoms with Crippen molar-refractivity contribution in [2.24, 2.45) is 17.3 Å². The first kappa shape index (κ1) is 20.2. The Hall–Kier alpha value is -1.55. The third kappa shape index (κ3) is 4.48. The molecule has 0 radical (unpaired) electrons. The van der Waals surface area contributed by atoms with Crippen LogP contribution in [-0.4, -0.2) is 24.4 Å². The fourth-order valence-corrected chi connectivity index (χ4v) is 4.60. The van der Waals surface area contributed by atoms with Gasteiger partial charge >= 0.3 is 0 Å². The first-order chi connectivity index (χ1) is 12.7. The zero-order valence-corrected chi connectivity index (χ0v) is 17.6. The maximum Gasteiger partial charge on any atom is 0.227 e. The van der Waals surface area contributed by atoms with E-state index < -0.39 is 0 Å². The van der Waals surface area contributed by atoms with Gasteiger partial charge in [-0.2, -0.15) is 0 Å². The van der Waals surface area contributed by atoms with Gasteiger partial charge in [0.25, 0.3) is 0 Å². The minimum atomic E-state index is -0.281. The van der Waals surface area contributed by atoms with Gasteiger partial charge in [-0.1, -0.05) is 38.4 Å². The van der Waals surface area contributed by atoms with Crippen LogP contribution in [0.5, 0.6) is 0 Å². The number of benzene rings is 1. The summed E-state index contributed by atoms with van der Waals surface area (Å²) in [7, 11) is 0. The highest BCUT2D eigenvalue weighted by molar-refractivity contribution is 6.31. The Balaban J connectivity index is 1.58. The lowest BCUT2D eigenvalue weighted by molar-refractivity contribution is -0.127. The number of nitrogens with one attached hydrogen (secondary N) is 1. The fourth-order valence-electron chi connectivity index (χ4n) is 4.43. The first-order valence-corrected chi connectivity index (χ1v) is 10.4. The zero-order chi connectivity index (χ0) is 19.8. The molecule has 0 aromatic heterocycles. The van der Waals surface area contributed by atoms with E-state index in [4.69, 9.17) is 11.6 Å². The molecule has 3 rings (SSSR count). The Morgan fingerprint density at radius 1 is 1.19 bits per heavy atom. The number of rotatable bonds is 3. The molecule has 1 aromatic carbocycles. The first-order valence-electron chi connectivity index (χ1n) is 10.0. The number of anilines is 1. The van der Waals surface area contributed by atoms with Gasteiger partial charge in [-0.05, 0) is 61.6 Å². The third-order valence-corrected chi connectivity index (χ3v) is 6.73. The monoisotopic (exact) mass is 390 g/mol. The predicted octanol–water partition coefficient (Wildman–Crippen LogP) is 4.72. The molecule has 5 heteroatoms. The van der Waals surface area contributed by atoms with Gasteiger partial charge in [0, 0.05) is 29.7 Å². The lowest BCUT2D eigenvalue weighted by Crippen LogP contribution is -2.42. The standard InChI is InChI=1S/C22H31ClN2O2/c1-14-18(23)6-5-7-19(14)25-13-15(12-20(25)26)21(27)24-17-10-8-16(9-11-17)22(2,3)4/h5-7,15-17H,8-13H2,1-4H3,(H,24,27)/t15-,16?,17?/m1/s1. The smallest absolute Gasteiger partial charge is 0.227 e. The van der Waals surface area contributed by atoms with E-state index in [1.807, 2.05) is 25.1 Å². The molecule has 1 saturated heterocycles. The number of halogens is 1. The summed E-state index contributed by atoms with van der Waals surface area (Å²) in [5.74, 6) is 0.456. The molecule has 0 spiro atoms. The number of hydrogen-bond donors (Lipinski definition) is 1. The van der Waals surface area contributed by atoms with Crippen LogP contribution < -0.4 is 10.2 Å². The van der Waals surface area contributed by atoms with Crippen molar-refractivity contribution in [3.63, 3.8) is 0 Å². The van der Waals surface area contributed by atoms with E-state index in [1.165, 1.54) is 0 Å². The number of amides is 2. The van der Waals surface area contributed by atoms with E-state index in [0.717, 1.165) is 42.9 Å². The Labute approximate surface area is 167 Å². The second-order valence-electron chi connectivity index (χ2n) is 9.21. The Kier molecular flexibility index (Phi) is 5.85. The quantitative estimate of drug-likeness (QED) is 0.811. The van der Waals surface area contributed by atoms with Crippen molar-refractivity contribution >= 4 is 29.1 Å². The molecule has 27 heavy (non-hydrogen) atoms. The van der Waals surface area contributed by atoms with E-state index in [2.05, 4.69) is 26.1 Å². The maximum absolute atomic E-state index is 12.8. The van der Waals surface area contributed by atoms with Crippen molar-refractivity contribution in [3.05, 3.63) is 28.8 Å². The van der Waals surface area contributed by atoms with Crippen molar-refractivity contribution in [3.8, 4) is 0 Å². The van der Waals surface area contributed by atoms with E-state index in [9.17, 15) is 9.59 Å². The Morgan fingerprint density at radius 2 is 1.85 bits per heavy atom. The largest absolute Gasteiger partial charge is 0.353 e. The molecule has 1 N–H and O–H groups in total. The number of nitrogens with zero attached hydrogens (tertiary/aromatic N) is 1. The molecular formula is C22H31ClN2O2. The van der Waals surface area contributed by atoms with Crippen LogP contribution in [0.2, 0.25) is 5.02 Å². The minimum absolute atomic E-state index is 0.00282. The molecule has 1 atom stereocenters. The van der Waals surface area contributed by atoms with Crippen LogP contribution in [0.25, 0.3) is 0 Å². The van der Waals surface area contributed by atoms with E-state index >= 15 is 0 Å². The molecule has 0 bridgehead atoms. The average Bonchev–Trinajstić information content (AvgIpc) is 2.99. The second kappa shape index (κ2) is 7.83. The lowest BCUT2D eigenvalue weighted by atomic mass is 9.71. The summed E-state index contributed by atoms with van der Waals surface area (Å²) < 4.78 is 0. The van der Waals surface area contributed by atoms with Crippen LogP contribution in [0, 0.1) is 24.2 Å². The average molecular weight is 391 g/mol. The molecule has 0 unspecified atom stereocenters. The van der Waals surface area contributed by atoms with Crippen molar-refractivity contribution < 1.29 is 9.59 Å². The third-order valence-electron chi connectivity index (χ3n) is 6.32. The molecule has 1 saturated carbocycles. The van der Waals surface area contributed by atoms with E-state index in [-0.39, 0.29) is 30.2 Å². The van der Waals surface area contributed by atoms with Crippen LogP contribution >= 0.6 is 11.6 Å². The highest BCUT2D eigenvalue weighted by Gasteiger charge is 2.37. The predicted molar refractivity (Wildman–Crippen MR) is 110 cm³/mol. The summed E-state index contributed by atoms with van der Waals surface area (Å²) >= 11 is 6.19. The van der Waals surface area contributed by atoms with Gasteiger partial charge in [-0.3, -0.25) is 9.59 Å². The summed E-state index contributed by atoms with van der Waals surface area (Å²) in [4.78, 5) is 27.0. The molecule has 2 fully saturated rings. The highest BCUT2D eigenvalue weighted by atomic mass is 35.5. The normalized spacial score (nSPS) is 26.3. The molecule has 148 valence electrons. The van der Waals surface area contributed by atoms with Crippen molar-refractivity contribution in [1.82, 2.24) is 5.32 Å². The molecular weight excluding hydrogens is 360 g/mol. The fraction of sp³-hybridized carbons (Fsp3) is 0.636. The summed E-state index contributed by atoms with van der Waals surface area (Å²) in [6, 6.07) is 5.80. The van der Waals surface area contributed by atoms with Gasteiger partial charge < -0.3 is 10.2 Å². The van der Waals surface area contributed by atoms with Gasteiger partial charge in [0.1, 0.15) is 0 Å². The topological polar surface area (TPSA) is 49.4 Å². The summed E-state index contributed by atoms with van der Waals surface area (Å²) in [5, 5.41) is 3.85. The zero-order valence-electron chi connectivity index (χ0n) is 16.8. The second-order valence-corrected chi connectivity index (χ2v) is 9.62. The van der Waals surface area contributed by atoms with Crippen molar-refractivity contribution in [2.75, 3.05) is 11.4 Å². The molecule has 2 amide bonds. The molecule has 1 aliphatic heterocycles. The van der Waals surface area contributed by atoms with Crippen LogP contribution in [0.3, 0.4) is 0 Å². The number of carbonyl (C=O) groups excluding carboxylic acids is 2. The van der Waals surface area contributed by atoms with Gasteiger partial charge in [-0.25, -0.2) is 0 Å². The SMILES string of the molecule is Cc1c(Cl)cccc1N1C[C@H](C(=O)NC2CCC(C(C)(C)C)CC2)CC1=O. The van der Waals surface area contributed by atoms with Gasteiger partial charge in [0.15, 0.2) is 0 Å². The lowest BCUT2D eigenvalue weighted by Gasteiger charge is -2.37. The molecule has 1 aromatic rings. The van der Waals surface area contributed by atoms with Gasteiger partial charge in [0.2, 0.25) is 11.8 Å². The summed E-state index contributed by atoms with van der Waals surface area (Å²) in [6.45, 7) is 9.24. The molecule has 2 aliphatic rings. The van der Waals surface area contributed by atoms with Crippen LogP contribution in [0.15, 0.2) is 18.2 Å². The Bertz CT molecular complexity index is 718. The van der Waals surface area contributed by atoms with Crippen LogP contribution in [-0.2, 0) is 9.59 Å². The minimum Gasteiger partial charge on any atom is -0.353 e. The van der Waals surface area contributed by atoms with Gasteiger partial charge in [0.05, 0.1) is 5.92 Å². The number of carbonyl (C=O) groups is 2. The summed E-state index contributed by atoms with van der Waals surface area (Å²) in [5.41, 5.74) is 2.03. The summed E-state index contributed by atoms with van der Waals surface area (Å²) in [6.07, 6.45) is 4.66. The maximum atomic E-state index is 12.8. The van der Waals surface area contributed by atoms with Crippen LogP contribution in [0.4, 0.5) is 5.69 Å². The van der Waals surface area contributed by atoms with Crippen molar-refractivity contribution in [1.29, 1.82) is 0 Å². The molecule has 4 nitrogen and oxygen atoms in total. The number of hydrogen-bond acceptors (Lipinski definition) is 2. The Morgan fingerprint density at radius 3 is 2.48 bits per heavy atom. The van der Waals surface area contributed by atoms with E-state index in [1.54, 1.807) is 4.90 Å². The van der Waals surface area contributed by atoms with Crippen molar-refractivity contribution in [2.45, 2.75) is 65.8 Å². The van der Waals surface area contributed by atoms with Crippen LogP contribution in [0.1, 0.15) is 58.4 Å². The highest BCUT2D eigenvalue weighted by Crippen LogP contribution is 2.38.